The molecule has 0 bridgehead atoms. The lowest BCUT2D eigenvalue weighted by molar-refractivity contribution is -0.116. The first-order valence-corrected chi connectivity index (χ1v) is 4.34. The largest absolute Gasteiger partial charge is 0.400 e. The van der Waals surface area contributed by atoms with Crippen molar-refractivity contribution in [1.82, 2.24) is 4.90 Å². The Kier molecular flexibility index (Phi) is 8.81. The Labute approximate surface area is 81.1 Å². The minimum absolute atomic E-state index is 0.190. The number of carbonyl (C=O) groups excluding carboxylic acids is 1. The number of aliphatic hydroxyl groups is 1. The van der Waals surface area contributed by atoms with Crippen molar-refractivity contribution in [3.63, 3.8) is 0 Å². The predicted octanol–water partition coefficient (Wildman–Crippen LogP) is 1.63. The minimum atomic E-state index is 0.190. The van der Waals surface area contributed by atoms with Crippen LogP contribution in [0.1, 0.15) is 27.2 Å². The lowest BCUT2D eigenvalue weighted by atomic mass is 9.90. The van der Waals surface area contributed by atoms with Crippen LogP contribution in [0.25, 0.3) is 0 Å². The van der Waals surface area contributed by atoms with Crippen molar-refractivity contribution in [2.24, 2.45) is 5.41 Å². The van der Waals surface area contributed by atoms with Crippen molar-refractivity contribution < 1.29 is 9.90 Å². The molecule has 0 aliphatic heterocycles. The van der Waals surface area contributed by atoms with Crippen LogP contribution >= 0.6 is 0 Å². The topological polar surface area (TPSA) is 40.5 Å². The fourth-order valence-corrected chi connectivity index (χ4v) is 0.751. The zero-order chi connectivity index (χ0) is 10.9. The Balaban J connectivity index is 0. The van der Waals surface area contributed by atoms with E-state index in [0.717, 1.165) is 26.5 Å². The molecular formula is C10H21NO2. The monoisotopic (exact) mass is 187 g/mol. The Hall–Kier alpha value is -0.830. The Bertz CT molecular complexity index is 136. The third-order valence-electron chi connectivity index (χ3n) is 1.94. The molecule has 0 spiro atoms. The van der Waals surface area contributed by atoms with E-state index in [-0.39, 0.29) is 5.41 Å². The normalized spacial score (nSPS) is 9.62. The second kappa shape index (κ2) is 7.80. The van der Waals surface area contributed by atoms with Gasteiger partial charge in [0.1, 0.15) is 0 Å². The third-order valence-corrected chi connectivity index (χ3v) is 1.94. The van der Waals surface area contributed by atoms with E-state index in [4.69, 9.17) is 5.11 Å². The molecule has 0 atom stereocenters. The fourth-order valence-electron chi connectivity index (χ4n) is 0.751. The van der Waals surface area contributed by atoms with Gasteiger partial charge in [-0.2, -0.15) is 0 Å². The molecule has 13 heavy (non-hydrogen) atoms. The van der Waals surface area contributed by atoms with E-state index in [1.807, 2.05) is 0 Å². The number of nitrogens with zero attached hydrogens (tertiary/aromatic N) is 1. The molecule has 0 aromatic heterocycles. The van der Waals surface area contributed by atoms with E-state index >= 15 is 0 Å². The van der Waals surface area contributed by atoms with Gasteiger partial charge < -0.3 is 10.0 Å². The van der Waals surface area contributed by atoms with Gasteiger partial charge in [-0.3, -0.25) is 4.79 Å². The molecule has 3 heteroatoms. The number of carbonyl (C=O) groups is 1. The van der Waals surface area contributed by atoms with Crippen LogP contribution in [-0.4, -0.2) is 30.1 Å². The molecule has 0 aliphatic rings. The average molecular weight is 187 g/mol. The number of hydrogen-bond acceptors (Lipinski definition) is 2. The first-order chi connectivity index (χ1) is 6.05. The molecular weight excluding hydrogens is 166 g/mol. The van der Waals surface area contributed by atoms with Crippen molar-refractivity contribution in [3.8, 4) is 0 Å². The standard InChI is InChI=1S/C9H17NO.CH4O/c1-5-9(3,4)7-10(6-2)8-11;1-2/h6,8H,2,5,7H2,1,3-4H3;2H,1H3. The highest BCUT2D eigenvalue weighted by molar-refractivity contribution is 5.48. The predicted molar refractivity (Wildman–Crippen MR) is 55.2 cm³/mol. The van der Waals surface area contributed by atoms with E-state index in [1.165, 1.54) is 0 Å². The molecule has 1 N–H and O–H groups in total. The SMILES string of the molecule is C=CN(C=O)CC(C)(C)CC.CO. The smallest absolute Gasteiger partial charge is 0.213 e. The molecule has 0 saturated carbocycles. The Morgan fingerprint density at radius 3 is 2.15 bits per heavy atom. The van der Waals surface area contributed by atoms with Crippen LogP contribution in [0.4, 0.5) is 0 Å². The third kappa shape index (κ3) is 7.53. The van der Waals surface area contributed by atoms with E-state index < -0.39 is 0 Å². The number of rotatable bonds is 5. The molecule has 3 nitrogen and oxygen atoms in total. The van der Waals surface area contributed by atoms with Crippen LogP contribution in [0.2, 0.25) is 0 Å². The second-order valence-electron chi connectivity index (χ2n) is 3.48. The summed E-state index contributed by atoms with van der Waals surface area (Å²) < 4.78 is 0. The highest BCUT2D eigenvalue weighted by Gasteiger charge is 2.17. The van der Waals surface area contributed by atoms with Crippen LogP contribution in [0.15, 0.2) is 12.8 Å². The molecule has 0 radical (unpaired) electrons. The summed E-state index contributed by atoms with van der Waals surface area (Å²) in [6.45, 7) is 10.7. The molecule has 0 aromatic carbocycles. The van der Waals surface area contributed by atoms with E-state index in [1.54, 1.807) is 11.1 Å². The molecule has 78 valence electrons. The lowest BCUT2D eigenvalue weighted by Gasteiger charge is -2.26. The summed E-state index contributed by atoms with van der Waals surface area (Å²) in [5.41, 5.74) is 0.190. The van der Waals surface area contributed by atoms with E-state index in [0.29, 0.717) is 0 Å². The maximum atomic E-state index is 10.4. The second-order valence-corrected chi connectivity index (χ2v) is 3.48. The first-order valence-electron chi connectivity index (χ1n) is 4.34. The zero-order valence-electron chi connectivity index (χ0n) is 9.08. The molecule has 0 unspecified atom stereocenters. The lowest BCUT2D eigenvalue weighted by Crippen LogP contribution is -2.28. The summed E-state index contributed by atoms with van der Waals surface area (Å²) in [4.78, 5) is 12.0. The Morgan fingerprint density at radius 1 is 1.46 bits per heavy atom. The van der Waals surface area contributed by atoms with Crippen molar-refractivity contribution in [2.75, 3.05) is 13.7 Å². The maximum absolute atomic E-state index is 10.4. The van der Waals surface area contributed by atoms with Crippen molar-refractivity contribution >= 4 is 6.41 Å². The molecule has 0 aliphatic carbocycles. The first kappa shape index (κ1) is 14.7. The quantitative estimate of drug-likeness (QED) is 0.665. The van der Waals surface area contributed by atoms with Crippen LogP contribution in [0, 0.1) is 5.41 Å². The van der Waals surface area contributed by atoms with Crippen molar-refractivity contribution in [2.45, 2.75) is 27.2 Å². The van der Waals surface area contributed by atoms with Gasteiger partial charge in [-0.15, -0.1) is 0 Å². The zero-order valence-corrected chi connectivity index (χ0v) is 9.08. The summed E-state index contributed by atoms with van der Waals surface area (Å²) in [7, 11) is 1.00. The van der Waals surface area contributed by atoms with Crippen LogP contribution in [0.3, 0.4) is 0 Å². The average Bonchev–Trinajstić information content (AvgIpc) is 2.17. The van der Waals surface area contributed by atoms with Crippen LogP contribution < -0.4 is 0 Å². The van der Waals surface area contributed by atoms with Gasteiger partial charge >= 0.3 is 0 Å². The van der Waals surface area contributed by atoms with Gasteiger partial charge in [0.2, 0.25) is 6.41 Å². The molecule has 0 aromatic rings. The highest BCUT2D eigenvalue weighted by atomic mass is 16.2. The maximum Gasteiger partial charge on any atom is 0.213 e. The molecule has 1 amide bonds. The molecule has 0 fully saturated rings. The van der Waals surface area contributed by atoms with Gasteiger partial charge in [0.05, 0.1) is 0 Å². The summed E-state index contributed by atoms with van der Waals surface area (Å²) in [5.74, 6) is 0. The van der Waals surface area contributed by atoms with Crippen molar-refractivity contribution in [1.29, 1.82) is 0 Å². The fraction of sp³-hybridized carbons (Fsp3) is 0.700. The molecule has 0 saturated heterocycles. The number of hydrogen-bond donors (Lipinski definition) is 1. The van der Waals surface area contributed by atoms with E-state index in [2.05, 4.69) is 27.4 Å². The van der Waals surface area contributed by atoms with Gasteiger partial charge in [0, 0.05) is 13.7 Å². The van der Waals surface area contributed by atoms with Gasteiger partial charge in [0.15, 0.2) is 0 Å². The van der Waals surface area contributed by atoms with Crippen molar-refractivity contribution in [3.05, 3.63) is 12.8 Å². The van der Waals surface area contributed by atoms with Crippen LogP contribution in [0.5, 0.6) is 0 Å². The summed E-state index contributed by atoms with van der Waals surface area (Å²) >= 11 is 0. The highest BCUT2D eigenvalue weighted by Crippen LogP contribution is 2.20. The number of aliphatic hydroxyl groups excluding tert-OH is 1. The molecule has 0 rings (SSSR count). The minimum Gasteiger partial charge on any atom is -0.400 e. The number of amides is 1. The van der Waals surface area contributed by atoms with Crippen LogP contribution in [-0.2, 0) is 4.79 Å². The van der Waals surface area contributed by atoms with Gasteiger partial charge in [-0.05, 0) is 18.0 Å². The van der Waals surface area contributed by atoms with Gasteiger partial charge in [-0.1, -0.05) is 27.4 Å². The molecule has 0 heterocycles. The summed E-state index contributed by atoms with van der Waals surface area (Å²) in [6.07, 6.45) is 3.43. The van der Waals surface area contributed by atoms with E-state index in [9.17, 15) is 4.79 Å². The van der Waals surface area contributed by atoms with Gasteiger partial charge in [-0.25, -0.2) is 0 Å². The summed E-state index contributed by atoms with van der Waals surface area (Å²) in [5, 5.41) is 7.00. The summed E-state index contributed by atoms with van der Waals surface area (Å²) in [6, 6.07) is 0. The Morgan fingerprint density at radius 2 is 1.92 bits per heavy atom. The van der Waals surface area contributed by atoms with Gasteiger partial charge in [0.25, 0.3) is 0 Å².